The molecule has 0 amide bonds. The Hall–Kier alpha value is -1.10. The van der Waals surface area contributed by atoms with E-state index in [1.807, 2.05) is 19.2 Å². The van der Waals surface area contributed by atoms with Gasteiger partial charge < -0.3 is 20.1 Å². The van der Waals surface area contributed by atoms with Crippen LogP contribution in [0.1, 0.15) is 45.7 Å². The predicted molar refractivity (Wildman–Crippen MR) is 145 cm³/mol. The second kappa shape index (κ2) is 15.7. The lowest BCUT2D eigenvalue weighted by atomic mass is 10.0. The van der Waals surface area contributed by atoms with Crippen LogP contribution in [-0.2, 0) is 4.74 Å². The molecule has 1 aliphatic rings. The van der Waals surface area contributed by atoms with E-state index in [-0.39, 0.29) is 30.0 Å². The normalized spacial score (nSPS) is 16.2. The van der Waals surface area contributed by atoms with Crippen LogP contribution in [0.4, 0.5) is 0 Å². The predicted octanol–water partition coefficient (Wildman–Crippen LogP) is 3.36. The zero-order valence-corrected chi connectivity index (χ0v) is 23.1. The number of methoxy groups -OCH3 is 1. The Morgan fingerprint density at radius 2 is 1.72 bits per heavy atom. The van der Waals surface area contributed by atoms with Gasteiger partial charge in [-0.25, -0.2) is 0 Å². The number of nitrogens with one attached hydrogen (secondary N) is 2. The molecule has 2 N–H and O–H groups in total. The van der Waals surface area contributed by atoms with Gasteiger partial charge in [0.1, 0.15) is 5.75 Å². The van der Waals surface area contributed by atoms with Crippen LogP contribution in [0.2, 0.25) is 0 Å². The van der Waals surface area contributed by atoms with Crippen molar-refractivity contribution in [3.05, 3.63) is 29.8 Å². The van der Waals surface area contributed by atoms with E-state index in [0.717, 1.165) is 64.1 Å². The molecular weight excluding hydrogens is 517 g/mol. The van der Waals surface area contributed by atoms with Gasteiger partial charge in [-0.1, -0.05) is 12.1 Å². The van der Waals surface area contributed by atoms with Crippen LogP contribution in [0, 0.1) is 0 Å². The molecule has 1 aromatic carbocycles. The molecule has 184 valence electrons. The van der Waals surface area contributed by atoms with Gasteiger partial charge in [-0.3, -0.25) is 14.8 Å². The van der Waals surface area contributed by atoms with E-state index in [2.05, 4.69) is 65.3 Å². The van der Waals surface area contributed by atoms with Gasteiger partial charge in [0.15, 0.2) is 5.96 Å². The summed E-state index contributed by atoms with van der Waals surface area (Å²) in [6.45, 7) is 15.3. The van der Waals surface area contributed by atoms with Crippen molar-refractivity contribution in [3.8, 4) is 5.75 Å². The lowest BCUT2D eigenvalue weighted by Gasteiger charge is -2.35. The van der Waals surface area contributed by atoms with E-state index >= 15 is 0 Å². The molecule has 0 bridgehead atoms. The van der Waals surface area contributed by atoms with Crippen LogP contribution >= 0.6 is 24.0 Å². The van der Waals surface area contributed by atoms with Crippen molar-refractivity contribution < 1.29 is 9.47 Å². The smallest absolute Gasteiger partial charge is 0.191 e. The van der Waals surface area contributed by atoms with Crippen molar-refractivity contribution in [1.82, 2.24) is 20.4 Å². The number of morpholine rings is 1. The minimum Gasteiger partial charge on any atom is -0.497 e. The van der Waals surface area contributed by atoms with Gasteiger partial charge in [0.25, 0.3) is 0 Å². The molecule has 0 aliphatic carbocycles. The first-order chi connectivity index (χ1) is 15.0. The van der Waals surface area contributed by atoms with Crippen LogP contribution in [-0.4, -0.2) is 87.9 Å². The molecule has 1 unspecified atom stereocenters. The highest BCUT2D eigenvalue weighted by Gasteiger charge is 2.23. The number of hydrogen-bond acceptors (Lipinski definition) is 5. The first kappa shape index (κ1) is 28.9. The molecule has 0 radical (unpaired) electrons. The van der Waals surface area contributed by atoms with Gasteiger partial charge >= 0.3 is 0 Å². The SMILES string of the molecule is CN=C(NCCCN(C(C)C)C(C)C)NCC(c1ccc(OC)cc1)N1CCOCC1.I. The molecule has 1 fully saturated rings. The molecule has 0 spiro atoms. The number of aliphatic imine (C=N–C) groups is 1. The molecule has 0 aromatic heterocycles. The van der Waals surface area contributed by atoms with Gasteiger partial charge in [-0.2, -0.15) is 0 Å². The maximum atomic E-state index is 5.57. The highest BCUT2D eigenvalue weighted by molar-refractivity contribution is 14.0. The zero-order valence-electron chi connectivity index (χ0n) is 20.8. The molecule has 2 rings (SSSR count). The third-order valence-electron chi connectivity index (χ3n) is 5.89. The van der Waals surface area contributed by atoms with Crippen LogP contribution < -0.4 is 15.4 Å². The second-order valence-electron chi connectivity index (χ2n) is 8.60. The van der Waals surface area contributed by atoms with Gasteiger partial charge in [-0.15, -0.1) is 24.0 Å². The molecule has 8 heteroatoms. The highest BCUT2D eigenvalue weighted by atomic mass is 127. The van der Waals surface area contributed by atoms with Gasteiger partial charge in [0.2, 0.25) is 0 Å². The fourth-order valence-electron chi connectivity index (χ4n) is 4.17. The molecule has 32 heavy (non-hydrogen) atoms. The Morgan fingerprint density at radius 1 is 1.09 bits per heavy atom. The topological polar surface area (TPSA) is 61.4 Å². The molecule has 1 aliphatic heterocycles. The summed E-state index contributed by atoms with van der Waals surface area (Å²) in [5, 5.41) is 7.02. The molecule has 1 heterocycles. The maximum absolute atomic E-state index is 5.57. The fraction of sp³-hybridized carbons (Fsp3) is 0.708. The summed E-state index contributed by atoms with van der Waals surface area (Å²) < 4.78 is 10.9. The van der Waals surface area contributed by atoms with E-state index in [0.29, 0.717) is 12.1 Å². The average molecular weight is 562 g/mol. The van der Waals surface area contributed by atoms with Crippen LogP contribution in [0.15, 0.2) is 29.3 Å². The number of rotatable bonds is 11. The fourth-order valence-corrected chi connectivity index (χ4v) is 4.17. The minimum absolute atomic E-state index is 0. The summed E-state index contributed by atoms with van der Waals surface area (Å²) in [5.41, 5.74) is 1.27. The van der Waals surface area contributed by atoms with Crippen LogP contribution in [0.5, 0.6) is 5.75 Å². The Labute approximate surface area is 212 Å². The molecule has 1 saturated heterocycles. The van der Waals surface area contributed by atoms with Crippen LogP contribution in [0.25, 0.3) is 0 Å². The van der Waals surface area contributed by atoms with Crippen molar-refractivity contribution in [3.63, 3.8) is 0 Å². The number of halogens is 1. The third-order valence-corrected chi connectivity index (χ3v) is 5.89. The number of ether oxygens (including phenoxy) is 2. The average Bonchev–Trinajstić information content (AvgIpc) is 2.78. The lowest BCUT2D eigenvalue weighted by molar-refractivity contribution is 0.0170. The summed E-state index contributed by atoms with van der Waals surface area (Å²) in [4.78, 5) is 9.44. The highest BCUT2D eigenvalue weighted by Crippen LogP contribution is 2.23. The van der Waals surface area contributed by atoms with Gasteiger partial charge in [0, 0.05) is 51.9 Å². The van der Waals surface area contributed by atoms with Crippen molar-refractivity contribution >= 4 is 29.9 Å². The standard InChI is InChI=1S/C24H43N5O2.HI/c1-19(2)29(20(3)4)13-7-12-26-24(25-5)27-18-23(28-14-16-31-17-15-28)21-8-10-22(30-6)11-9-21;/h8-11,19-20,23H,7,12-18H2,1-6H3,(H2,25,26,27);1H. The number of benzene rings is 1. The summed E-state index contributed by atoms with van der Waals surface area (Å²) in [7, 11) is 3.54. The summed E-state index contributed by atoms with van der Waals surface area (Å²) in [5.74, 6) is 1.74. The van der Waals surface area contributed by atoms with E-state index in [1.165, 1.54) is 5.56 Å². The Morgan fingerprint density at radius 3 is 2.25 bits per heavy atom. The Kier molecular flexibility index (Phi) is 14.2. The van der Waals surface area contributed by atoms with Gasteiger partial charge in [0.05, 0.1) is 26.4 Å². The quantitative estimate of drug-likeness (QED) is 0.187. The Balaban J connectivity index is 0.00000512. The summed E-state index contributed by atoms with van der Waals surface area (Å²) in [6, 6.07) is 9.76. The molecule has 1 atom stereocenters. The second-order valence-corrected chi connectivity index (χ2v) is 8.60. The van der Waals surface area contributed by atoms with Crippen molar-refractivity contribution in [2.24, 2.45) is 4.99 Å². The summed E-state index contributed by atoms with van der Waals surface area (Å²) in [6.07, 6.45) is 1.09. The number of guanidine groups is 1. The first-order valence-corrected chi connectivity index (χ1v) is 11.6. The molecule has 7 nitrogen and oxygen atoms in total. The maximum Gasteiger partial charge on any atom is 0.191 e. The molecular formula is C24H44IN5O2. The van der Waals surface area contributed by atoms with Crippen LogP contribution in [0.3, 0.4) is 0 Å². The third kappa shape index (κ3) is 9.41. The van der Waals surface area contributed by atoms with Gasteiger partial charge in [-0.05, 0) is 51.8 Å². The monoisotopic (exact) mass is 561 g/mol. The van der Waals surface area contributed by atoms with Crippen molar-refractivity contribution in [2.45, 2.75) is 52.2 Å². The van der Waals surface area contributed by atoms with E-state index in [4.69, 9.17) is 9.47 Å². The van der Waals surface area contributed by atoms with E-state index in [1.54, 1.807) is 7.11 Å². The van der Waals surface area contributed by atoms with Crippen molar-refractivity contribution in [1.29, 1.82) is 0 Å². The number of hydrogen-bond donors (Lipinski definition) is 2. The lowest BCUT2D eigenvalue weighted by Crippen LogP contribution is -2.46. The van der Waals surface area contributed by atoms with Crippen molar-refractivity contribution in [2.75, 3.05) is 60.1 Å². The number of nitrogens with zero attached hydrogens (tertiary/aromatic N) is 3. The molecule has 0 saturated carbocycles. The zero-order chi connectivity index (χ0) is 22.6. The largest absolute Gasteiger partial charge is 0.497 e. The Bertz CT molecular complexity index is 640. The molecule has 1 aromatic rings. The minimum atomic E-state index is 0. The van der Waals surface area contributed by atoms with E-state index < -0.39 is 0 Å². The van der Waals surface area contributed by atoms with E-state index in [9.17, 15) is 0 Å². The first-order valence-electron chi connectivity index (χ1n) is 11.6. The summed E-state index contributed by atoms with van der Waals surface area (Å²) >= 11 is 0.